The third-order valence-corrected chi connectivity index (χ3v) is 6.17. The minimum Gasteiger partial charge on any atom is -0.464 e. The number of nitrogens with one attached hydrogen (secondary N) is 2. The number of hydrogen-bond acceptors (Lipinski definition) is 3. The Labute approximate surface area is 175 Å². The third kappa shape index (κ3) is 3.45. The van der Waals surface area contributed by atoms with Crippen LogP contribution in [0.5, 0.6) is 0 Å². The van der Waals surface area contributed by atoms with Crippen molar-refractivity contribution < 1.29 is 27.5 Å². The maximum Gasteiger partial charge on any atom is 0.328 e. The second-order valence-electron chi connectivity index (χ2n) is 8.11. The Morgan fingerprint density at radius 1 is 1.06 bits per heavy atom. The van der Waals surface area contributed by atoms with E-state index in [9.17, 15) is 22.8 Å². The Balaban J connectivity index is 1.45. The van der Waals surface area contributed by atoms with Gasteiger partial charge in [-0.2, -0.15) is 0 Å². The Morgan fingerprint density at radius 3 is 2.48 bits per heavy atom. The van der Waals surface area contributed by atoms with Gasteiger partial charge < -0.3 is 15.0 Å². The number of hydrogen-bond donors (Lipinski definition) is 2. The molecule has 0 radical (unpaired) electrons. The van der Waals surface area contributed by atoms with Gasteiger partial charge in [0.25, 0.3) is 0 Å². The summed E-state index contributed by atoms with van der Waals surface area (Å²) >= 11 is 0. The van der Waals surface area contributed by atoms with Crippen LogP contribution in [-0.2, 0) is 14.3 Å². The van der Waals surface area contributed by atoms with Gasteiger partial charge in [-0.3, -0.25) is 4.79 Å². The maximum absolute atomic E-state index is 14.4. The van der Waals surface area contributed by atoms with E-state index in [4.69, 9.17) is 4.74 Å². The van der Waals surface area contributed by atoms with Crippen molar-refractivity contribution in [1.29, 1.82) is 0 Å². The number of benzene rings is 2. The molecule has 8 heteroatoms. The lowest BCUT2D eigenvalue weighted by Crippen LogP contribution is -2.44. The number of halogens is 3. The van der Waals surface area contributed by atoms with Crippen molar-refractivity contribution in [2.45, 2.75) is 31.2 Å². The molecular weight excluding hydrogens is 409 g/mol. The van der Waals surface area contributed by atoms with Gasteiger partial charge in [0.2, 0.25) is 5.91 Å². The molecule has 2 aliphatic rings. The number of aromatic amines is 1. The molecule has 1 atom stereocenters. The van der Waals surface area contributed by atoms with E-state index < -0.39 is 29.5 Å². The number of ether oxygens (including phenoxy) is 1. The molecule has 1 aromatic heterocycles. The molecule has 0 unspecified atom stereocenters. The van der Waals surface area contributed by atoms with Gasteiger partial charge >= 0.3 is 5.97 Å². The lowest BCUT2D eigenvalue weighted by atomic mass is 9.69. The standard InChI is InChI=1S/C23H19F3N2O3/c24-14-3-1-11(2-4-14)20-19(16-9-15(25)10-17(26)21(16)28-20)12-7-13(8-12)22(29)27-18-5-6-31-23(18)30/h1-4,9-10,12-13,18,28H,5-8H2,(H,27,29)/t12-,13-,18-/m0/s1. The topological polar surface area (TPSA) is 71.2 Å². The van der Waals surface area contributed by atoms with E-state index in [1.807, 2.05) is 0 Å². The van der Waals surface area contributed by atoms with E-state index in [-0.39, 0.29) is 23.3 Å². The third-order valence-electron chi connectivity index (χ3n) is 6.17. The van der Waals surface area contributed by atoms with Crippen LogP contribution in [0.15, 0.2) is 36.4 Å². The average molecular weight is 428 g/mol. The highest BCUT2D eigenvalue weighted by molar-refractivity contribution is 5.93. The first-order valence-corrected chi connectivity index (χ1v) is 10.1. The van der Waals surface area contributed by atoms with Gasteiger partial charge in [-0.05, 0) is 60.2 Å². The highest BCUT2D eigenvalue weighted by Crippen LogP contribution is 2.48. The quantitative estimate of drug-likeness (QED) is 0.613. The Hall–Kier alpha value is -3.29. The van der Waals surface area contributed by atoms with Gasteiger partial charge in [0.05, 0.1) is 17.8 Å². The summed E-state index contributed by atoms with van der Waals surface area (Å²) in [5.74, 6) is -2.86. The summed E-state index contributed by atoms with van der Waals surface area (Å²) in [6.45, 7) is 0.296. The number of carbonyl (C=O) groups excluding carboxylic acids is 2. The van der Waals surface area contributed by atoms with Crippen LogP contribution in [-0.4, -0.2) is 29.5 Å². The zero-order valence-electron chi connectivity index (χ0n) is 16.4. The summed E-state index contributed by atoms with van der Waals surface area (Å²) < 4.78 is 46.7. The fourth-order valence-corrected chi connectivity index (χ4v) is 4.49. The summed E-state index contributed by atoms with van der Waals surface area (Å²) in [6.07, 6.45) is 1.41. The van der Waals surface area contributed by atoms with Crippen molar-refractivity contribution in [3.63, 3.8) is 0 Å². The molecule has 1 saturated carbocycles. The van der Waals surface area contributed by atoms with E-state index in [1.165, 1.54) is 18.2 Å². The molecule has 3 aromatic rings. The van der Waals surface area contributed by atoms with E-state index in [2.05, 4.69) is 10.3 Å². The van der Waals surface area contributed by atoms with E-state index in [0.29, 0.717) is 48.1 Å². The first-order chi connectivity index (χ1) is 14.9. The Bertz CT molecular complexity index is 1180. The van der Waals surface area contributed by atoms with Crippen molar-refractivity contribution >= 4 is 22.8 Å². The summed E-state index contributed by atoms with van der Waals surface area (Å²) in [5, 5.41) is 3.14. The molecule has 5 rings (SSSR count). The molecule has 31 heavy (non-hydrogen) atoms. The molecule has 2 heterocycles. The Morgan fingerprint density at radius 2 is 1.81 bits per heavy atom. The van der Waals surface area contributed by atoms with Crippen LogP contribution in [0.3, 0.4) is 0 Å². The first-order valence-electron chi connectivity index (χ1n) is 10.1. The molecule has 160 valence electrons. The van der Waals surface area contributed by atoms with Gasteiger partial charge in [0.15, 0.2) is 0 Å². The number of amides is 1. The fraction of sp³-hybridized carbons (Fsp3) is 0.304. The molecule has 2 aromatic carbocycles. The Kier molecular flexibility index (Phi) is 4.72. The number of H-pyrrole nitrogens is 1. The van der Waals surface area contributed by atoms with Crippen molar-refractivity contribution in [3.05, 3.63) is 59.4 Å². The number of carbonyl (C=O) groups is 2. The molecule has 0 bridgehead atoms. The van der Waals surface area contributed by atoms with E-state index in [0.717, 1.165) is 6.07 Å². The molecule has 0 spiro atoms. The van der Waals surface area contributed by atoms with E-state index >= 15 is 0 Å². The SMILES string of the molecule is O=C1OCC[C@@H]1NC(=O)[C@H]1C[C@H](c2c(-c3ccc(F)cc3)[nH]c3c(F)cc(F)cc32)C1. The predicted octanol–water partition coefficient (Wildman–Crippen LogP) is 4.18. The van der Waals surface area contributed by atoms with Crippen LogP contribution in [0.4, 0.5) is 13.2 Å². The molecule has 2 N–H and O–H groups in total. The first kappa shape index (κ1) is 19.7. The molecule has 5 nitrogen and oxygen atoms in total. The summed E-state index contributed by atoms with van der Waals surface area (Å²) in [4.78, 5) is 27.1. The minimum absolute atomic E-state index is 0.110. The largest absolute Gasteiger partial charge is 0.464 e. The molecule has 1 amide bonds. The van der Waals surface area contributed by atoms with Crippen LogP contribution < -0.4 is 5.32 Å². The number of fused-ring (bicyclic) bond motifs is 1. The van der Waals surface area contributed by atoms with E-state index in [1.54, 1.807) is 12.1 Å². The van der Waals surface area contributed by atoms with Crippen LogP contribution >= 0.6 is 0 Å². The number of aromatic nitrogens is 1. The van der Waals surface area contributed by atoms with Gasteiger partial charge in [-0.25, -0.2) is 18.0 Å². The van der Waals surface area contributed by atoms with Crippen molar-refractivity contribution in [2.24, 2.45) is 5.92 Å². The van der Waals surface area contributed by atoms with Crippen molar-refractivity contribution in [3.8, 4) is 11.3 Å². The van der Waals surface area contributed by atoms with Crippen molar-refractivity contribution in [1.82, 2.24) is 10.3 Å². The molecule has 1 aliphatic heterocycles. The monoisotopic (exact) mass is 428 g/mol. The molecule has 2 fully saturated rings. The van der Waals surface area contributed by atoms with Crippen LogP contribution in [0.1, 0.15) is 30.7 Å². The normalized spacial score (nSPS) is 22.9. The zero-order chi connectivity index (χ0) is 21.7. The van der Waals surface area contributed by atoms with Crippen molar-refractivity contribution in [2.75, 3.05) is 6.61 Å². The predicted molar refractivity (Wildman–Crippen MR) is 107 cm³/mol. The fourth-order valence-electron chi connectivity index (χ4n) is 4.49. The smallest absolute Gasteiger partial charge is 0.328 e. The lowest BCUT2D eigenvalue weighted by Gasteiger charge is -2.35. The lowest BCUT2D eigenvalue weighted by molar-refractivity contribution is -0.142. The highest BCUT2D eigenvalue weighted by Gasteiger charge is 2.40. The van der Waals surface area contributed by atoms with Gasteiger partial charge in [-0.15, -0.1) is 0 Å². The molecule has 1 aliphatic carbocycles. The van der Waals surface area contributed by atoms with Crippen LogP contribution in [0.25, 0.3) is 22.2 Å². The zero-order valence-corrected chi connectivity index (χ0v) is 16.4. The van der Waals surface area contributed by atoms with Crippen LogP contribution in [0, 0.1) is 23.4 Å². The minimum atomic E-state index is -0.710. The second kappa shape index (κ2) is 7.44. The van der Waals surface area contributed by atoms with Gasteiger partial charge in [0, 0.05) is 23.8 Å². The number of esters is 1. The number of cyclic esters (lactones) is 1. The summed E-state index contributed by atoms with van der Waals surface area (Å²) in [5.41, 5.74) is 2.12. The average Bonchev–Trinajstić information content (AvgIpc) is 3.26. The molecule has 1 saturated heterocycles. The summed E-state index contributed by atoms with van der Waals surface area (Å²) in [7, 11) is 0. The van der Waals surface area contributed by atoms with Crippen LogP contribution in [0.2, 0.25) is 0 Å². The van der Waals surface area contributed by atoms with Gasteiger partial charge in [0.1, 0.15) is 23.5 Å². The maximum atomic E-state index is 14.4. The van der Waals surface area contributed by atoms with Gasteiger partial charge in [-0.1, -0.05) is 0 Å². The second-order valence-corrected chi connectivity index (χ2v) is 8.11. The number of rotatable bonds is 4. The summed E-state index contributed by atoms with van der Waals surface area (Å²) in [6, 6.07) is 7.24. The molecular formula is C23H19F3N2O3. The highest BCUT2D eigenvalue weighted by atomic mass is 19.1.